The molecule has 6 nitrogen and oxygen atoms in total. The summed E-state index contributed by atoms with van der Waals surface area (Å²) in [5.41, 5.74) is 2.66. The normalized spacial score (nSPS) is 17.6. The molecule has 0 radical (unpaired) electrons. The van der Waals surface area contributed by atoms with Gasteiger partial charge in [-0.1, -0.05) is 68.1 Å². The number of rotatable bonds is 5. The summed E-state index contributed by atoms with van der Waals surface area (Å²) < 4.78 is 0. The number of para-hydroxylation sites is 1. The lowest BCUT2D eigenvalue weighted by molar-refractivity contribution is -0.125. The Morgan fingerprint density at radius 2 is 1.86 bits per heavy atom. The fourth-order valence-electron chi connectivity index (χ4n) is 3.28. The van der Waals surface area contributed by atoms with Crippen molar-refractivity contribution in [1.29, 1.82) is 0 Å². The molecule has 2 amide bonds. The molecule has 2 heterocycles. The lowest BCUT2D eigenvalue weighted by Crippen LogP contribution is -2.42. The number of hydrogen-bond donors (Lipinski definition) is 1. The van der Waals surface area contributed by atoms with Crippen molar-refractivity contribution < 1.29 is 9.59 Å². The van der Waals surface area contributed by atoms with Crippen LogP contribution in [-0.4, -0.2) is 39.5 Å². The first-order valence-electron chi connectivity index (χ1n) is 9.58. The predicted octanol–water partition coefficient (Wildman–Crippen LogP) is 3.35. The number of benzene rings is 2. The van der Waals surface area contributed by atoms with E-state index in [9.17, 15) is 9.59 Å². The van der Waals surface area contributed by atoms with Crippen molar-refractivity contribution in [2.45, 2.75) is 26.4 Å². The SMILES string of the molecule is CC(C)C1N=C2c3ccccc3N=C(SCC(=O)NCc3ccccc3)N2C1=O. The van der Waals surface area contributed by atoms with E-state index in [1.165, 1.54) is 11.8 Å². The number of fused-ring (bicyclic) bond motifs is 3. The Kier molecular flexibility index (Phi) is 5.49. The summed E-state index contributed by atoms with van der Waals surface area (Å²) in [5, 5.41) is 3.41. The van der Waals surface area contributed by atoms with Crippen LogP contribution in [0.1, 0.15) is 25.0 Å². The summed E-state index contributed by atoms with van der Waals surface area (Å²) in [7, 11) is 0. The molecule has 1 atom stereocenters. The smallest absolute Gasteiger partial charge is 0.259 e. The molecule has 29 heavy (non-hydrogen) atoms. The van der Waals surface area contributed by atoms with Crippen molar-refractivity contribution in [3.05, 3.63) is 65.7 Å². The Hall–Kier alpha value is -2.93. The summed E-state index contributed by atoms with van der Waals surface area (Å²) in [5.74, 6) is 0.711. The lowest BCUT2D eigenvalue weighted by atomic mass is 10.1. The average Bonchev–Trinajstić information content (AvgIpc) is 3.09. The molecule has 4 rings (SSSR count). The largest absolute Gasteiger partial charge is 0.351 e. The Balaban J connectivity index is 1.50. The second kappa shape index (κ2) is 8.21. The average molecular weight is 407 g/mol. The molecule has 2 aliphatic rings. The van der Waals surface area contributed by atoms with Gasteiger partial charge >= 0.3 is 0 Å². The third-order valence-electron chi connectivity index (χ3n) is 4.80. The summed E-state index contributed by atoms with van der Waals surface area (Å²) >= 11 is 1.26. The molecule has 0 spiro atoms. The van der Waals surface area contributed by atoms with Gasteiger partial charge in [-0.25, -0.2) is 9.89 Å². The molecule has 0 aliphatic carbocycles. The molecule has 0 aromatic heterocycles. The molecule has 148 valence electrons. The maximum Gasteiger partial charge on any atom is 0.259 e. The van der Waals surface area contributed by atoms with E-state index in [2.05, 4.69) is 15.3 Å². The van der Waals surface area contributed by atoms with Crippen LogP contribution in [0.3, 0.4) is 0 Å². The van der Waals surface area contributed by atoms with Gasteiger partial charge in [-0.05, 0) is 23.6 Å². The minimum atomic E-state index is -0.422. The van der Waals surface area contributed by atoms with Crippen LogP contribution in [0.2, 0.25) is 0 Å². The Bertz CT molecular complexity index is 1000. The summed E-state index contributed by atoms with van der Waals surface area (Å²) in [4.78, 5) is 36.2. The van der Waals surface area contributed by atoms with Crippen LogP contribution in [0.5, 0.6) is 0 Å². The van der Waals surface area contributed by atoms with Gasteiger partial charge in [0, 0.05) is 12.1 Å². The van der Waals surface area contributed by atoms with Crippen LogP contribution in [0.4, 0.5) is 5.69 Å². The van der Waals surface area contributed by atoms with Crippen LogP contribution in [-0.2, 0) is 16.1 Å². The first kappa shape index (κ1) is 19.4. The number of nitrogens with one attached hydrogen (secondary N) is 1. The van der Waals surface area contributed by atoms with Crippen LogP contribution < -0.4 is 5.32 Å². The highest BCUT2D eigenvalue weighted by Gasteiger charge is 2.42. The molecular weight excluding hydrogens is 384 g/mol. The van der Waals surface area contributed by atoms with Gasteiger partial charge in [0.25, 0.3) is 5.91 Å². The van der Waals surface area contributed by atoms with E-state index in [-0.39, 0.29) is 23.5 Å². The molecule has 0 saturated heterocycles. The van der Waals surface area contributed by atoms with E-state index in [1.54, 1.807) is 4.90 Å². The molecule has 2 aromatic rings. The minimum Gasteiger partial charge on any atom is -0.351 e. The van der Waals surface area contributed by atoms with Gasteiger partial charge in [0.15, 0.2) is 5.17 Å². The summed E-state index contributed by atoms with van der Waals surface area (Å²) in [6.45, 7) is 4.44. The number of nitrogens with zero attached hydrogens (tertiary/aromatic N) is 3. The zero-order chi connectivity index (χ0) is 20.4. The van der Waals surface area contributed by atoms with E-state index >= 15 is 0 Å². The third kappa shape index (κ3) is 3.96. The Labute approximate surface area is 174 Å². The van der Waals surface area contributed by atoms with E-state index in [4.69, 9.17) is 0 Å². The van der Waals surface area contributed by atoms with Crippen molar-refractivity contribution in [3.63, 3.8) is 0 Å². The number of thioether (sulfide) groups is 1. The number of hydrogen-bond acceptors (Lipinski definition) is 5. The maximum atomic E-state index is 13.0. The molecule has 1 N–H and O–H groups in total. The van der Waals surface area contributed by atoms with E-state index < -0.39 is 6.04 Å². The Morgan fingerprint density at radius 3 is 2.62 bits per heavy atom. The zero-order valence-corrected chi connectivity index (χ0v) is 17.1. The highest BCUT2D eigenvalue weighted by Crippen LogP contribution is 2.34. The van der Waals surface area contributed by atoms with Gasteiger partial charge in [0.1, 0.15) is 11.9 Å². The van der Waals surface area contributed by atoms with Gasteiger partial charge in [-0.15, -0.1) is 0 Å². The standard InChI is InChI=1S/C22H22N4O2S/c1-14(2)19-21(28)26-20(25-19)16-10-6-7-11-17(16)24-22(26)29-13-18(27)23-12-15-8-4-3-5-9-15/h3-11,14,19H,12-13H2,1-2H3,(H,23,27). The first-order chi connectivity index (χ1) is 14.0. The number of carbonyl (C=O) groups excluding carboxylic acids is 2. The third-order valence-corrected chi connectivity index (χ3v) is 5.73. The van der Waals surface area contributed by atoms with E-state index in [0.717, 1.165) is 16.8 Å². The molecule has 0 fully saturated rings. The number of carbonyl (C=O) groups is 2. The van der Waals surface area contributed by atoms with Crippen LogP contribution in [0, 0.1) is 5.92 Å². The zero-order valence-electron chi connectivity index (χ0n) is 16.3. The van der Waals surface area contributed by atoms with Crippen molar-refractivity contribution in [1.82, 2.24) is 10.2 Å². The molecule has 2 aromatic carbocycles. The van der Waals surface area contributed by atoms with Crippen LogP contribution in [0.15, 0.2) is 64.6 Å². The Morgan fingerprint density at radius 1 is 1.14 bits per heavy atom. The van der Waals surface area contributed by atoms with Crippen molar-refractivity contribution in [2.24, 2.45) is 15.9 Å². The first-order valence-corrected chi connectivity index (χ1v) is 10.6. The topological polar surface area (TPSA) is 74.1 Å². The van der Waals surface area contributed by atoms with Crippen molar-refractivity contribution in [3.8, 4) is 0 Å². The van der Waals surface area contributed by atoms with Crippen molar-refractivity contribution in [2.75, 3.05) is 5.75 Å². The molecule has 2 aliphatic heterocycles. The predicted molar refractivity (Wildman–Crippen MR) is 116 cm³/mol. The van der Waals surface area contributed by atoms with Gasteiger partial charge < -0.3 is 5.32 Å². The quantitative estimate of drug-likeness (QED) is 0.828. The van der Waals surface area contributed by atoms with E-state index in [1.807, 2.05) is 68.4 Å². The molecular formula is C22H22N4O2S. The number of aliphatic imine (C=N–C) groups is 2. The van der Waals surface area contributed by atoms with Crippen molar-refractivity contribution >= 4 is 40.3 Å². The molecule has 0 bridgehead atoms. The van der Waals surface area contributed by atoms with E-state index in [0.29, 0.717) is 17.5 Å². The summed E-state index contributed by atoms with van der Waals surface area (Å²) in [6.07, 6.45) is 0. The molecule has 1 unspecified atom stereocenters. The monoisotopic (exact) mass is 406 g/mol. The second-order valence-electron chi connectivity index (χ2n) is 7.28. The van der Waals surface area contributed by atoms with Crippen LogP contribution >= 0.6 is 11.8 Å². The second-order valence-corrected chi connectivity index (χ2v) is 8.22. The van der Waals surface area contributed by atoms with Crippen LogP contribution in [0.25, 0.3) is 0 Å². The number of amides is 2. The molecule has 0 saturated carbocycles. The van der Waals surface area contributed by atoms with Gasteiger partial charge in [-0.3, -0.25) is 14.6 Å². The summed E-state index contributed by atoms with van der Waals surface area (Å²) in [6, 6.07) is 17.0. The highest BCUT2D eigenvalue weighted by atomic mass is 32.2. The minimum absolute atomic E-state index is 0.0829. The maximum absolute atomic E-state index is 13.0. The fraction of sp³-hybridized carbons (Fsp3) is 0.273. The number of amidine groups is 2. The van der Waals surface area contributed by atoms with Gasteiger partial charge in [0.05, 0.1) is 11.4 Å². The lowest BCUT2D eigenvalue weighted by Gasteiger charge is -2.25. The fourth-order valence-corrected chi connectivity index (χ4v) is 4.11. The van der Waals surface area contributed by atoms with Gasteiger partial charge in [-0.2, -0.15) is 0 Å². The highest BCUT2D eigenvalue weighted by molar-refractivity contribution is 8.14. The van der Waals surface area contributed by atoms with Gasteiger partial charge in [0.2, 0.25) is 5.91 Å². The molecule has 7 heteroatoms.